The first-order valence-corrected chi connectivity index (χ1v) is 9.14. The molecule has 1 amide bonds. The molecule has 2 aromatic heterocycles. The average Bonchev–Trinajstić information content (AvgIpc) is 3.06. The number of aryl methyl sites for hydroxylation is 2. The second-order valence-corrected chi connectivity index (χ2v) is 7.13. The van der Waals surface area contributed by atoms with Crippen molar-refractivity contribution in [3.63, 3.8) is 0 Å². The molecule has 0 saturated heterocycles. The Morgan fingerprint density at radius 3 is 2.50 bits per heavy atom. The molecule has 1 fully saturated rings. The molecule has 2 heterocycles. The molecular weight excluding hydrogens is 373 g/mol. The topological polar surface area (TPSA) is 84.7 Å². The molecule has 1 aliphatic carbocycles. The summed E-state index contributed by atoms with van der Waals surface area (Å²) in [4.78, 5) is 25.4. The Hall–Kier alpha value is -2.49. The molecule has 1 aliphatic rings. The highest BCUT2D eigenvalue weighted by molar-refractivity contribution is 5.93. The minimum absolute atomic E-state index is 0.0770. The molecule has 1 saturated carbocycles. The van der Waals surface area contributed by atoms with Crippen LogP contribution in [0.5, 0.6) is 0 Å². The Labute approximate surface area is 160 Å². The molecule has 2 N–H and O–H groups in total. The number of carbonyl (C=O) groups excluding carboxylic acids is 1. The summed E-state index contributed by atoms with van der Waals surface area (Å²) < 4.78 is 38.7. The lowest BCUT2D eigenvalue weighted by atomic mass is 9.91. The molecule has 0 atom stereocenters. The van der Waals surface area contributed by atoms with Crippen molar-refractivity contribution in [2.75, 3.05) is 6.54 Å². The predicted molar refractivity (Wildman–Crippen MR) is 96.5 cm³/mol. The van der Waals surface area contributed by atoms with Gasteiger partial charge in [-0.3, -0.25) is 4.79 Å². The fourth-order valence-corrected chi connectivity index (χ4v) is 3.33. The van der Waals surface area contributed by atoms with E-state index in [-0.39, 0.29) is 23.7 Å². The van der Waals surface area contributed by atoms with Crippen molar-refractivity contribution in [2.45, 2.75) is 50.9 Å². The monoisotopic (exact) mass is 396 g/mol. The van der Waals surface area contributed by atoms with Crippen LogP contribution in [0.2, 0.25) is 0 Å². The Morgan fingerprint density at radius 2 is 1.89 bits per heavy atom. The Bertz CT molecular complexity index is 827. The number of nitrogens with one attached hydrogen (secondary N) is 2. The standard InChI is InChI=1S/C18H23F3N6O/c1-11-7-14(26-16(24-11)15-8-22-10-27(15)2)17(28)25-13-5-3-12(4-6-13)23-9-18(19,20)21/h7-8,10,12-13,23H,3-6,9H2,1-2H3,(H,25,28). The maximum Gasteiger partial charge on any atom is 0.401 e. The van der Waals surface area contributed by atoms with E-state index in [2.05, 4.69) is 25.6 Å². The molecule has 0 aromatic carbocycles. The molecule has 2 aromatic rings. The first kappa shape index (κ1) is 20.2. The molecule has 0 radical (unpaired) electrons. The third kappa shape index (κ3) is 5.28. The number of hydrogen-bond acceptors (Lipinski definition) is 5. The number of hydrogen-bond donors (Lipinski definition) is 2. The van der Waals surface area contributed by atoms with Gasteiger partial charge in [-0.1, -0.05) is 0 Å². The zero-order valence-corrected chi connectivity index (χ0v) is 15.8. The highest BCUT2D eigenvalue weighted by Gasteiger charge is 2.30. The van der Waals surface area contributed by atoms with Gasteiger partial charge in [0.1, 0.15) is 11.4 Å². The van der Waals surface area contributed by atoms with E-state index in [4.69, 9.17) is 0 Å². The summed E-state index contributed by atoms with van der Waals surface area (Å²) >= 11 is 0. The van der Waals surface area contributed by atoms with Gasteiger partial charge in [-0.15, -0.1) is 0 Å². The van der Waals surface area contributed by atoms with Crippen LogP contribution in [0.25, 0.3) is 11.5 Å². The summed E-state index contributed by atoms with van der Waals surface area (Å²) in [6.07, 6.45) is 1.48. The van der Waals surface area contributed by atoms with Crippen molar-refractivity contribution in [1.82, 2.24) is 30.2 Å². The molecular formula is C18H23F3N6O. The fraction of sp³-hybridized carbons (Fsp3) is 0.556. The first-order valence-electron chi connectivity index (χ1n) is 9.14. The van der Waals surface area contributed by atoms with Gasteiger partial charge >= 0.3 is 6.18 Å². The minimum Gasteiger partial charge on any atom is -0.348 e. The highest BCUT2D eigenvalue weighted by Crippen LogP contribution is 2.21. The lowest BCUT2D eigenvalue weighted by Gasteiger charge is -2.30. The van der Waals surface area contributed by atoms with Gasteiger partial charge in [0.2, 0.25) is 0 Å². The normalized spacial score (nSPS) is 20.2. The number of imidazole rings is 1. The van der Waals surface area contributed by atoms with E-state index in [9.17, 15) is 18.0 Å². The average molecular weight is 396 g/mol. The molecule has 0 bridgehead atoms. The summed E-state index contributed by atoms with van der Waals surface area (Å²) in [6.45, 7) is 0.807. The molecule has 0 aliphatic heterocycles. The molecule has 10 heteroatoms. The summed E-state index contributed by atoms with van der Waals surface area (Å²) in [5, 5.41) is 5.48. The van der Waals surface area contributed by atoms with Crippen molar-refractivity contribution in [1.29, 1.82) is 0 Å². The van der Waals surface area contributed by atoms with Crippen LogP contribution in [0, 0.1) is 6.92 Å². The largest absolute Gasteiger partial charge is 0.401 e. The maximum atomic E-state index is 12.6. The second-order valence-electron chi connectivity index (χ2n) is 7.13. The van der Waals surface area contributed by atoms with E-state index in [0.29, 0.717) is 42.9 Å². The van der Waals surface area contributed by atoms with Crippen LogP contribution in [0.15, 0.2) is 18.6 Å². The van der Waals surface area contributed by atoms with Crippen molar-refractivity contribution >= 4 is 5.91 Å². The zero-order valence-electron chi connectivity index (χ0n) is 15.8. The molecule has 152 valence electrons. The van der Waals surface area contributed by atoms with Gasteiger partial charge in [-0.25, -0.2) is 15.0 Å². The summed E-state index contributed by atoms with van der Waals surface area (Å²) in [5.74, 6) is 0.117. The Kier molecular flexibility index (Phi) is 5.97. The number of aromatic nitrogens is 4. The number of rotatable bonds is 5. The lowest BCUT2D eigenvalue weighted by Crippen LogP contribution is -2.44. The minimum atomic E-state index is -4.21. The second kappa shape index (κ2) is 8.26. The van der Waals surface area contributed by atoms with Crippen LogP contribution in [0.4, 0.5) is 13.2 Å². The van der Waals surface area contributed by atoms with Gasteiger partial charge in [-0.05, 0) is 38.7 Å². The number of nitrogens with zero attached hydrogens (tertiary/aromatic N) is 4. The molecule has 3 rings (SSSR count). The van der Waals surface area contributed by atoms with Gasteiger partial charge in [-0.2, -0.15) is 13.2 Å². The van der Waals surface area contributed by atoms with Gasteiger partial charge in [0.15, 0.2) is 5.82 Å². The van der Waals surface area contributed by atoms with Crippen LogP contribution in [-0.2, 0) is 7.05 Å². The van der Waals surface area contributed by atoms with Crippen LogP contribution in [-0.4, -0.2) is 50.2 Å². The van der Waals surface area contributed by atoms with Gasteiger partial charge in [0, 0.05) is 24.8 Å². The van der Waals surface area contributed by atoms with Crippen LogP contribution >= 0.6 is 0 Å². The number of alkyl halides is 3. The van der Waals surface area contributed by atoms with E-state index >= 15 is 0 Å². The number of carbonyl (C=O) groups is 1. The van der Waals surface area contributed by atoms with E-state index in [1.54, 1.807) is 30.1 Å². The Morgan fingerprint density at radius 1 is 1.21 bits per heavy atom. The molecule has 7 nitrogen and oxygen atoms in total. The van der Waals surface area contributed by atoms with E-state index in [0.717, 1.165) is 0 Å². The predicted octanol–water partition coefficient (Wildman–Crippen LogP) is 2.38. The number of amides is 1. The van der Waals surface area contributed by atoms with Crippen LogP contribution in [0.3, 0.4) is 0 Å². The third-order valence-corrected chi connectivity index (χ3v) is 4.79. The van der Waals surface area contributed by atoms with Crippen molar-refractivity contribution in [3.05, 3.63) is 30.0 Å². The highest BCUT2D eigenvalue weighted by atomic mass is 19.4. The van der Waals surface area contributed by atoms with Crippen molar-refractivity contribution in [2.24, 2.45) is 7.05 Å². The lowest BCUT2D eigenvalue weighted by molar-refractivity contribution is -0.126. The first-order chi connectivity index (χ1) is 13.2. The summed E-state index contributed by atoms with van der Waals surface area (Å²) in [6, 6.07) is 1.37. The van der Waals surface area contributed by atoms with E-state index in [1.807, 2.05) is 7.05 Å². The van der Waals surface area contributed by atoms with Gasteiger partial charge in [0.05, 0.1) is 19.1 Å². The zero-order chi connectivity index (χ0) is 20.3. The molecule has 0 spiro atoms. The fourth-order valence-electron chi connectivity index (χ4n) is 3.33. The van der Waals surface area contributed by atoms with Crippen LogP contribution in [0.1, 0.15) is 41.9 Å². The number of halogens is 3. The van der Waals surface area contributed by atoms with Crippen LogP contribution < -0.4 is 10.6 Å². The summed E-state index contributed by atoms with van der Waals surface area (Å²) in [5.41, 5.74) is 1.63. The SMILES string of the molecule is Cc1cc(C(=O)NC2CCC(NCC(F)(F)F)CC2)nc(-c2cncn2C)n1. The molecule has 0 unspecified atom stereocenters. The molecule has 28 heavy (non-hydrogen) atoms. The van der Waals surface area contributed by atoms with E-state index in [1.165, 1.54) is 0 Å². The van der Waals surface area contributed by atoms with Gasteiger partial charge in [0.25, 0.3) is 5.91 Å². The quantitative estimate of drug-likeness (QED) is 0.811. The van der Waals surface area contributed by atoms with Crippen molar-refractivity contribution in [3.8, 4) is 11.5 Å². The van der Waals surface area contributed by atoms with E-state index < -0.39 is 12.7 Å². The smallest absolute Gasteiger partial charge is 0.348 e. The van der Waals surface area contributed by atoms with Crippen molar-refractivity contribution < 1.29 is 18.0 Å². The maximum absolute atomic E-state index is 12.6. The summed E-state index contributed by atoms with van der Waals surface area (Å²) in [7, 11) is 1.82. The third-order valence-electron chi connectivity index (χ3n) is 4.79. The van der Waals surface area contributed by atoms with Gasteiger partial charge < -0.3 is 15.2 Å². The Balaban J connectivity index is 1.59.